The molecule has 0 radical (unpaired) electrons. The smallest absolute Gasteiger partial charge is 0.338 e. The summed E-state index contributed by atoms with van der Waals surface area (Å²) in [5.74, 6) is -4.14. The first kappa shape index (κ1) is 33.5. The fourth-order valence-electron chi connectivity index (χ4n) is 5.75. The molecule has 11 nitrogen and oxygen atoms in total. The van der Waals surface area contributed by atoms with Crippen LogP contribution in [0.15, 0.2) is 54.2 Å². The average molecular weight is 687 g/mol. The van der Waals surface area contributed by atoms with Gasteiger partial charge in [-0.15, -0.1) is 11.3 Å². The summed E-state index contributed by atoms with van der Waals surface area (Å²) in [5.41, 5.74) is 2.55. The lowest BCUT2D eigenvalue weighted by Gasteiger charge is -2.21. The molecule has 14 heteroatoms. The summed E-state index contributed by atoms with van der Waals surface area (Å²) >= 11 is 1.31. The molecule has 2 N–H and O–H groups in total. The van der Waals surface area contributed by atoms with Gasteiger partial charge in [-0.05, 0) is 81.0 Å². The summed E-state index contributed by atoms with van der Waals surface area (Å²) in [7, 11) is 0. The maximum Gasteiger partial charge on any atom is 0.338 e. The molecule has 0 bridgehead atoms. The molecule has 3 aromatic heterocycles. The summed E-state index contributed by atoms with van der Waals surface area (Å²) in [6.45, 7) is 7.11. The van der Waals surface area contributed by atoms with Gasteiger partial charge in [0.15, 0.2) is 23.1 Å². The summed E-state index contributed by atoms with van der Waals surface area (Å²) in [6.07, 6.45) is 4.03. The fraction of sp³-hybridized carbons (Fsp3) is 0.286. The number of aromatic nitrogens is 4. The highest BCUT2D eigenvalue weighted by atomic mass is 32.1. The van der Waals surface area contributed by atoms with Gasteiger partial charge >= 0.3 is 5.97 Å². The van der Waals surface area contributed by atoms with Crippen molar-refractivity contribution < 1.29 is 32.7 Å². The van der Waals surface area contributed by atoms with E-state index in [1.807, 2.05) is 13.0 Å². The van der Waals surface area contributed by atoms with E-state index in [1.54, 1.807) is 38.4 Å². The van der Waals surface area contributed by atoms with Crippen LogP contribution in [-0.2, 0) is 24.1 Å². The summed E-state index contributed by atoms with van der Waals surface area (Å²) in [4.78, 5) is 61.9. The van der Waals surface area contributed by atoms with Crippen LogP contribution < -0.4 is 10.6 Å². The summed E-state index contributed by atoms with van der Waals surface area (Å²) in [5, 5.41) is 12.2. The van der Waals surface area contributed by atoms with Gasteiger partial charge in [0, 0.05) is 24.2 Å². The van der Waals surface area contributed by atoms with E-state index in [-0.39, 0.29) is 41.3 Å². The number of esters is 1. The van der Waals surface area contributed by atoms with E-state index in [1.165, 1.54) is 34.2 Å². The van der Waals surface area contributed by atoms with Gasteiger partial charge < -0.3 is 15.4 Å². The highest BCUT2D eigenvalue weighted by Gasteiger charge is 2.31. The highest BCUT2D eigenvalue weighted by Crippen LogP contribution is 2.35. The molecule has 0 saturated heterocycles. The maximum absolute atomic E-state index is 13.9. The van der Waals surface area contributed by atoms with Gasteiger partial charge in [0.25, 0.3) is 11.8 Å². The number of rotatable bonds is 9. The predicted octanol–water partition coefficient (Wildman–Crippen LogP) is 5.50. The van der Waals surface area contributed by atoms with Gasteiger partial charge in [-0.25, -0.2) is 28.1 Å². The molecule has 1 atom stereocenters. The van der Waals surface area contributed by atoms with Crippen LogP contribution >= 0.6 is 11.3 Å². The first-order chi connectivity index (χ1) is 23.3. The van der Waals surface area contributed by atoms with Crippen LogP contribution in [0.1, 0.15) is 102 Å². The number of nitrogens with zero attached hydrogens (tertiary/aromatic N) is 4. The molecule has 5 aromatic rings. The zero-order valence-electron chi connectivity index (χ0n) is 27.1. The Morgan fingerprint density at radius 1 is 1.04 bits per heavy atom. The third kappa shape index (κ3) is 7.09. The Labute approximate surface area is 283 Å². The van der Waals surface area contributed by atoms with Crippen LogP contribution in [0.3, 0.4) is 0 Å². The number of carbonyl (C=O) groups excluding carboxylic acids is 4. The SMILES string of the molecule is Cc1c(C(=O)OC(C)(C)C)ccc2c1CC[C@@H]2NC(=O)c1cc(C(=O)NCc2ccc(F)c(F)c2)nc2c(C(=O)Cc3nccs3)cnn12. The Bertz CT molecular complexity index is 2120. The number of thiazole rings is 1. The number of amides is 2. The van der Waals surface area contributed by atoms with Crippen LogP contribution in [0, 0.1) is 18.6 Å². The number of nitrogens with one attached hydrogen (secondary N) is 2. The Balaban J connectivity index is 1.30. The van der Waals surface area contributed by atoms with Crippen molar-refractivity contribution in [3.63, 3.8) is 0 Å². The molecule has 2 aromatic carbocycles. The first-order valence-corrected chi connectivity index (χ1v) is 16.4. The molecule has 1 aliphatic carbocycles. The minimum absolute atomic E-state index is 0.00292. The van der Waals surface area contributed by atoms with E-state index in [4.69, 9.17) is 4.74 Å². The number of carbonyl (C=O) groups is 4. The lowest BCUT2D eigenvalue weighted by molar-refractivity contribution is 0.00682. The monoisotopic (exact) mass is 686 g/mol. The Morgan fingerprint density at radius 2 is 1.84 bits per heavy atom. The van der Waals surface area contributed by atoms with Gasteiger partial charge in [0.2, 0.25) is 0 Å². The number of Topliss-reactive ketones (excluding diaryl/α,β-unsaturated/α-hetero) is 1. The second-order valence-electron chi connectivity index (χ2n) is 12.6. The third-order valence-electron chi connectivity index (χ3n) is 8.09. The zero-order chi connectivity index (χ0) is 35.0. The van der Waals surface area contributed by atoms with Crippen LogP contribution in [0.5, 0.6) is 0 Å². The number of fused-ring (bicyclic) bond motifs is 2. The minimum Gasteiger partial charge on any atom is -0.456 e. The molecular formula is C35H32F2N6O5S. The van der Waals surface area contributed by atoms with E-state index in [0.717, 1.165) is 28.8 Å². The number of ether oxygens (including phenoxy) is 1. The van der Waals surface area contributed by atoms with Crippen molar-refractivity contribution in [2.75, 3.05) is 0 Å². The van der Waals surface area contributed by atoms with Crippen LogP contribution in [0.25, 0.3) is 5.65 Å². The van der Waals surface area contributed by atoms with Gasteiger partial charge in [0.1, 0.15) is 22.0 Å². The summed E-state index contributed by atoms with van der Waals surface area (Å²) < 4.78 is 33.9. The second-order valence-corrected chi connectivity index (χ2v) is 13.6. The summed E-state index contributed by atoms with van der Waals surface area (Å²) in [6, 6.07) is 7.61. The lowest BCUT2D eigenvalue weighted by atomic mass is 9.97. The molecule has 0 fully saturated rings. The standard InChI is InChI=1S/C35H32F2N6O5S/c1-18-20-8-10-26(22(20)7-6-21(18)34(47)48-35(2,3)4)42-33(46)28-14-27(32(45)39-16-19-5-9-24(36)25(37)13-19)41-31-23(17-40-43(28)31)29(44)15-30-38-11-12-49-30/h5-7,9,11-14,17,26H,8,10,15-16H2,1-4H3,(H,39,45)(H,42,46)/t26-/m0/s1. The van der Waals surface area contributed by atoms with Crippen molar-refractivity contribution in [2.24, 2.45) is 0 Å². The Kier molecular flexibility index (Phi) is 9.08. The van der Waals surface area contributed by atoms with E-state index in [9.17, 15) is 28.0 Å². The maximum atomic E-state index is 13.9. The molecule has 3 heterocycles. The molecule has 2 amide bonds. The number of hydrogen-bond donors (Lipinski definition) is 2. The number of ketones is 1. The van der Waals surface area contributed by atoms with E-state index in [0.29, 0.717) is 29.0 Å². The molecule has 1 aliphatic rings. The quantitative estimate of drug-likeness (QED) is 0.153. The molecule has 0 aliphatic heterocycles. The molecule has 49 heavy (non-hydrogen) atoms. The second kappa shape index (κ2) is 13.3. The molecule has 6 rings (SSSR count). The lowest BCUT2D eigenvalue weighted by Crippen LogP contribution is -2.31. The molecule has 0 saturated carbocycles. The van der Waals surface area contributed by atoms with Crippen LogP contribution in [0.2, 0.25) is 0 Å². The van der Waals surface area contributed by atoms with Gasteiger partial charge in [-0.3, -0.25) is 14.4 Å². The molecule has 252 valence electrons. The Morgan fingerprint density at radius 3 is 2.55 bits per heavy atom. The number of benzene rings is 2. The molecule has 0 spiro atoms. The van der Waals surface area contributed by atoms with Crippen molar-refractivity contribution in [2.45, 2.75) is 65.1 Å². The van der Waals surface area contributed by atoms with Gasteiger partial charge in [-0.1, -0.05) is 12.1 Å². The van der Waals surface area contributed by atoms with E-state index < -0.39 is 41.1 Å². The number of hydrogen-bond acceptors (Lipinski definition) is 9. The van der Waals surface area contributed by atoms with Gasteiger partial charge in [-0.2, -0.15) is 5.10 Å². The van der Waals surface area contributed by atoms with E-state index in [2.05, 4.69) is 25.7 Å². The normalized spacial score (nSPS) is 14.0. The van der Waals surface area contributed by atoms with Crippen molar-refractivity contribution in [1.82, 2.24) is 30.2 Å². The van der Waals surface area contributed by atoms with E-state index >= 15 is 0 Å². The largest absolute Gasteiger partial charge is 0.456 e. The molecular weight excluding hydrogens is 654 g/mol. The van der Waals surface area contributed by atoms with Crippen LogP contribution in [-0.4, -0.2) is 48.7 Å². The van der Waals surface area contributed by atoms with Crippen molar-refractivity contribution in [1.29, 1.82) is 0 Å². The third-order valence-corrected chi connectivity index (χ3v) is 8.87. The molecule has 0 unspecified atom stereocenters. The fourth-order valence-corrected chi connectivity index (χ4v) is 6.36. The zero-order valence-corrected chi connectivity index (χ0v) is 27.9. The number of halogens is 2. The highest BCUT2D eigenvalue weighted by molar-refractivity contribution is 7.09. The van der Waals surface area contributed by atoms with Crippen molar-refractivity contribution >= 4 is 40.6 Å². The average Bonchev–Trinajstić information content (AvgIpc) is 3.81. The first-order valence-electron chi connectivity index (χ1n) is 15.5. The predicted molar refractivity (Wildman–Crippen MR) is 176 cm³/mol. The van der Waals surface area contributed by atoms with Gasteiger partial charge in [0.05, 0.1) is 29.8 Å². The topological polar surface area (TPSA) is 145 Å². The van der Waals surface area contributed by atoms with Crippen molar-refractivity contribution in [3.05, 3.63) is 116 Å². The minimum atomic E-state index is -1.06. The van der Waals surface area contributed by atoms with Crippen LogP contribution in [0.4, 0.5) is 8.78 Å². The van der Waals surface area contributed by atoms with Crippen molar-refractivity contribution in [3.8, 4) is 0 Å². The Hall–Kier alpha value is -5.37.